The van der Waals surface area contributed by atoms with Gasteiger partial charge in [0.2, 0.25) is 0 Å². The fourth-order valence-electron chi connectivity index (χ4n) is 4.17. The van der Waals surface area contributed by atoms with Crippen molar-refractivity contribution in [3.05, 3.63) is 89.5 Å². The zero-order valence-corrected chi connectivity index (χ0v) is 16.5. The zero-order valence-electron chi connectivity index (χ0n) is 16.5. The molecule has 0 spiro atoms. The van der Waals surface area contributed by atoms with Crippen molar-refractivity contribution in [2.45, 2.75) is 44.9 Å². The molecule has 1 heteroatoms. The summed E-state index contributed by atoms with van der Waals surface area (Å²) >= 11 is 0. The average molecular weight is 356 g/mol. The Kier molecular flexibility index (Phi) is 5.29. The van der Waals surface area contributed by atoms with E-state index in [1.165, 1.54) is 52.9 Å². The van der Waals surface area contributed by atoms with E-state index in [1.54, 1.807) is 0 Å². The van der Waals surface area contributed by atoms with Gasteiger partial charge in [-0.15, -0.1) is 0 Å². The third-order valence-corrected chi connectivity index (χ3v) is 5.84. The Morgan fingerprint density at radius 1 is 0.963 bits per heavy atom. The van der Waals surface area contributed by atoms with Crippen molar-refractivity contribution in [3.63, 3.8) is 0 Å². The van der Waals surface area contributed by atoms with Crippen molar-refractivity contribution in [2.75, 3.05) is 11.9 Å². The molecule has 0 saturated carbocycles. The van der Waals surface area contributed by atoms with Gasteiger partial charge >= 0.3 is 0 Å². The molecule has 0 heterocycles. The Balaban J connectivity index is 1.65. The Hall–Kier alpha value is -2.54. The lowest BCUT2D eigenvalue weighted by atomic mass is 9.89. The maximum atomic E-state index is 2.39. The van der Waals surface area contributed by atoms with Crippen LogP contribution >= 0.6 is 0 Å². The number of allylic oxidation sites excluding steroid dienone is 6. The predicted octanol–water partition coefficient (Wildman–Crippen LogP) is 7.32. The van der Waals surface area contributed by atoms with Crippen LogP contribution in [0.2, 0.25) is 0 Å². The van der Waals surface area contributed by atoms with Gasteiger partial charge in [0.25, 0.3) is 0 Å². The molecular formula is C26H29N. The van der Waals surface area contributed by atoms with Crippen molar-refractivity contribution in [3.8, 4) is 0 Å². The average Bonchev–Trinajstić information content (AvgIpc) is 2.75. The third kappa shape index (κ3) is 3.93. The molecule has 0 bridgehead atoms. The second kappa shape index (κ2) is 8.00. The van der Waals surface area contributed by atoms with Gasteiger partial charge < -0.3 is 4.90 Å². The lowest BCUT2D eigenvalue weighted by molar-refractivity contribution is 0.654. The molecule has 0 N–H and O–H groups in total. The van der Waals surface area contributed by atoms with Gasteiger partial charge in [-0.3, -0.25) is 0 Å². The Bertz CT molecular complexity index is 900. The number of anilines is 2. The van der Waals surface area contributed by atoms with Crippen LogP contribution in [0.3, 0.4) is 0 Å². The first-order valence-electron chi connectivity index (χ1n) is 10.2. The van der Waals surface area contributed by atoms with E-state index in [-0.39, 0.29) is 0 Å². The molecule has 1 nitrogen and oxygen atoms in total. The monoisotopic (exact) mass is 355 g/mol. The molecule has 0 radical (unpaired) electrons. The molecule has 2 aliphatic rings. The molecule has 0 saturated heterocycles. The predicted molar refractivity (Wildman–Crippen MR) is 118 cm³/mol. The number of hydrogen-bond acceptors (Lipinski definition) is 1. The number of nitrogens with zero attached hydrogens (tertiary/aromatic N) is 1. The van der Waals surface area contributed by atoms with E-state index in [9.17, 15) is 0 Å². The largest absolute Gasteiger partial charge is 0.344 e. The standard InChI is InChI=1S/C26H29N/c1-20-16-17-24(22-12-7-4-8-13-22)19-26(20)27(2)25-15-9-14-23(18-25)21-10-5-3-6-11-21/h5,7,9-10,12-19,21H,3-4,6,8,11H2,1-2H3. The van der Waals surface area contributed by atoms with Crippen molar-refractivity contribution in [2.24, 2.45) is 0 Å². The van der Waals surface area contributed by atoms with E-state index in [1.807, 2.05) is 0 Å². The van der Waals surface area contributed by atoms with Crippen LogP contribution in [0.1, 0.15) is 54.7 Å². The van der Waals surface area contributed by atoms with Crippen molar-refractivity contribution < 1.29 is 0 Å². The molecule has 0 fully saturated rings. The zero-order chi connectivity index (χ0) is 18.6. The van der Waals surface area contributed by atoms with Crippen LogP contribution in [0.15, 0.2) is 72.8 Å². The molecule has 138 valence electrons. The van der Waals surface area contributed by atoms with Crippen molar-refractivity contribution in [1.29, 1.82) is 0 Å². The van der Waals surface area contributed by atoms with E-state index < -0.39 is 0 Å². The molecule has 1 atom stereocenters. The summed E-state index contributed by atoms with van der Waals surface area (Å²) in [5.74, 6) is 0.567. The van der Waals surface area contributed by atoms with Gasteiger partial charge in [-0.2, -0.15) is 0 Å². The smallest absolute Gasteiger partial charge is 0.0444 e. The molecule has 27 heavy (non-hydrogen) atoms. The van der Waals surface area contributed by atoms with Crippen LogP contribution in [0.4, 0.5) is 11.4 Å². The summed E-state index contributed by atoms with van der Waals surface area (Å²) in [5.41, 5.74) is 7.94. The van der Waals surface area contributed by atoms with Crippen LogP contribution < -0.4 is 4.90 Å². The highest BCUT2D eigenvalue weighted by Gasteiger charge is 2.14. The van der Waals surface area contributed by atoms with E-state index in [2.05, 4.69) is 91.7 Å². The van der Waals surface area contributed by atoms with E-state index >= 15 is 0 Å². The van der Waals surface area contributed by atoms with Gasteiger partial charge in [-0.1, -0.05) is 54.6 Å². The van der Waals surface area contributed by atoms with Crippen molar-refractivity contribution in [1.82, 2.24) is 0 Å². The van der Waals surface area contributed by atoms with Crippen molar-refractivity contribution >= 4 is 16.9 Å². The first-order chi connectivity index (χ1) is 13.2. The van der Waals surface area contributed by atoms with Gasteiger partial charge in [0, 0.05) is 24.3 Å². The topological polar surface area (TPSA) is 3.24 Å². The summed E-state index contributed by atoms with van der Waals surface area (Å²) in [6, 6.07) is 15.9. The molecular weight excluding hydrogens is 326 g/mol. The highest BCUT2D eigenvalue weighted by molar-refractivity contribution is 5.79. The second-order valence-electron chi connectivity index (χ2n) is 7.76. The fraction of sp³-hybridized carbons (Fsp3) is 0.308. The molecule has 1 unspecified atom stereocenters. The lowest BCUT2D eigenvalue weighted by Crippen LogP contribution is -2.12. The van der Waals surface area contributed by atoms with E-state index in [0.29, 0.717) is 5.92 Å². The van der Waals surface area contributed by atoms with Crippen LogP contribution in [0, 0.1) is 6.92 Å². The van der Waals surface area contributed by atoms with Crippen LogP contribution in [-0.4, -0.2) is 7.05 Å². The normalized spacial score (nSPS) is 19.0. The molecule has 0 aliphatic heterocycles. The van der Waals surface area contributed by atoms with Gasteiger partial charge in [-0.05, 0) is 79.5 Å². The number of hydrogen-bond donors (Lipinski definition) is 0. The Labute approximate surface area is 163 Å². The summed E-state index contributed by atoms with van der Waals surface area (Å²) in [7, 11) is 2.19. The first-order valence-corrected chi connectivity index (χ1v) is 10.2. The van der Waals surface area contributed by atoms with Crippen LogP contribution in [-0.2, 0) is 0 Å². The molecule has 4 rings (SSSR count). The minimum Gasteiger partial charge on any atom is -0.344 e. The fourth-order valence-corrected chi connectivity index (χ4v) is 4.17. The minimum absolute atomic E-state index is 0.567. The number of benzene rings is 2. The summed E-state index contributed by atoms with van der Waals surface area (Å²) < 4.78 is 0. The number of aryl methyl sites for hydroxylation is 1. The lowest BCUT2D eigenvalue weighted by Gasteiger charge is -2.25. The molecule has 2 aromatic rings. The summed E-state index contributed by atoms with van der Waals surface area (Å²) in [5, 5.41) is 0. The summed E-state index contributed by atoms with van der Waals surface area (Å²) in [6.45, 7) is 2.20. The first kappa shape index (κ1) is 17.9. The quantitative estimate of drug-likeness (QED) is 0.519. The maximum Gasteiger partial charge on any atom is 0.0444 e. The van der Waals surface area contributed by atoms with E-state index in [0.717, 1.165) is 12.8 Å². The van der Waals surface area contributed by atoms with Gasteiger partial charge in [0.1, 0.15) is 0 Å². The highest BCUT2D eigenvalue weighted by Crippen LogP contribution is 2.34. The minimum atomic E-state index is 0.567. The van der Waals surface area contributed by atoms with Gasteiger partial charge in [-0.25, -0.2) is 0 Å². The molecule has 2 aliphatic carbocycles. The summed E-state index contributed by atoms with van der Waals surface area (Å²) in [4.78, 5) is 2.34. The summed E-state index contributed by atoms with van der Waals surface area (Å²) in [6.07, 6.45) is 17.7. The highest BCUT2D eigenvalue weighted by atomic mass is 15.1. The Morgan fingerprint density at radius 3 is 2.67 bits per heavy atom. The SMILES string of the molecule is Cc1ccc(C2=CCCC=C2)cc1N(C)c1cccc(C2C=CCCC2)c1. The third-order valence-electron chi connectivity index (χ3n) is 5.84. The van der Waals surface area contributed by atoms with Crippen LogP contribution in [0.5, 0.6) is 0 Å². The van der Waals surface area contributed by atoms with Crippen LogP contribution in [0.25, 0.3) is 5.57 Å². The molecule has 0 amide bonds. The van der Waals surface area contributed by atoms with E-state index in [4.69, 9.17) is 0 Å². The molecule has 0 aromatic heterocycles. The van der Waals surface area contributed by atoms with Gasteiger partial charge in [0.05, 0.1) is 0 Å². The van der Waals surface area contributed by atoms with Gasteiger partial charge in [0.15, 0.2) is 0 Å². The second-order valence-corrected chi connectivity index (χ2v) is 7.76. The Morgan fingerprint density at radius 2 is 1.89 bits per heavy atom. The maximum absolute atomic E-state index is 2.39. The molecule has 2 aromatic carbocycles. The number of rotatable bonds is 4.